The van der Waals surface area contributed by atoms with E-state index in [2.05, 4.69) is 0 Å². The first-order chi connectivity index (χ1) is 23.0. The average Bonchev–Trinajstić information content (AvgIpc) is 3.12. The molecule has 47 heavy (non-hydrogen) atoms. The molecule has 1 fully saturated rings. The molecular formula is C36H37NO10. The molecule has 1 aliphatic heterocycles. The Labute approximate surface area is 272 Å². The SMILES string of the molecule is COC(=O)c1ccc(CO[C@H]2O[C@H](CO)[C@@H](OCc3ccccc3)[C@H](OCc3ccccc3)[C@@H]2OCc2ccccc2)c([N+](=O)[O-])c1. The molecule has 0 unspecified atom stereocenters. The highest BCUT2D eigenvalue weighted by atomic mass is 16.7. The number of nitro benzene ring substituents is 1. The Morgan fingerprint density at radius 3 is 1.72 bits per heavy atom. The van der Waals surface area contributed by atoms with Crippen molar-refractivity contribution in [1.29, 1.82) is 0 Å². The molecule has 0 amide bonds. The van der Waals surface area contributed by atoms with Gasteiger partial charge in [0.2, 0.25) is 0 Å². The van der Waals surface area contributed by atoms with E-state index < -0.39 is 48.2 Å². The standard InChI is InChI=1S/C36H37NO10/c1-42-35(39)28-17-18-29(30(19-28)37(40)41)24-46-36-34(45-23-27-15-9-4-10-16-27)33(44-22-26-13-7-3-8-14-26)32(31(20-38)47-36)43-21-25-11-5-2-6-12-25/h2-19,31-34,36,38H,20-24H2,1H3/t31-,32-,33+,34+,36+/m1/s1. The van der Waals surface area contributed by atoms with Gasteiger partial charge < -0.3 is 33.5 Å². The highest BCUT2D eigenvalue weighted by Gasteiger charge is 2.49. The van der Waals surface area contributed by atoms with Crippen LogP contribution in [0.4, 0.5) is 5.69 Å². The lowest BCUT2D eigenvalue weighted by atomic mass is 9.97. The van der Waals surface area contributed by atoms with Gasteiger partial charge in [-0.25, -0.2) is 4.79 Å². The molecule has 246 valence electrons. The maximum Gasteiger partial charge on any atom is 0.338 e. The predicted molar refractivity (Wildman–Crippen MR) is 170 cm³/mol. The van der Waals surface area contributed by atoms with Crippen LogP contribution in [0.3, 0.4) is 0 Å². The van der Waals surface area contributed by atoms with E-state index in [0.717, 1.165) is 22.8 Å². The number of rotatable bonds is 15. The summed E-state index contributed by atoms with van der Waals surface area (Å²) in [6.45, 7) is -0.0425. The summed E-state index contributed by atoms with van der Waals surface area (Å²) in [5.41, 5.74) is 2.67. The third-order valence-corrected chi connectivity index (χ3v) is 7.73. The third kappa shape index (κ3) is 9.07. The second-order valence-electron chi connectivity index (χ2n) is 10.9. The fourth-order valence-electron chi connectivity index (χ4n) is 5.30. The monoisotopic (exact) mass is 643 g/mol. The summed E-state index contributed by atoms with van der Waals surface area (Å²) < 4.78 is 36.6. The van der Waals surface area contributed by atoms with E-state index in [1.54, 1.807) is 0 Å². The van der Waals surface area contributed by atoms with Gasteiger partial charge in [0, 0.05) is 6.07 Å². The first-order valence-electron chi connectivity index (χ1n) is 15.2. The van der Waals surface area contributed by atoms with Gasteiger partial charge in [0.05, 0.1) is 56.2 Å². The van der Waals surface area contributed by atoms with Gasteiger partial charge in [-0.1, -0.05) is 91.0 Å². The fraction of sp³-hybridized carbons (Fsp3) is 0.306. The molecule has 0 saturated carbocycles. The van der Waals surface area contributed by atoms with Crippen LogP contribution in [0.15, 0.2) is 109 Å². The van der Waals surface area contributed by atoms with Gasteiger partial charge in [0.1, 0.15) is 24.4 Å². The van der Waals surface area contributed by atoms with Crippen LogP contribution < -0.4 is 0 Å². The van der Waals surface area contributed by atoms with Crippen LogP contribution in [0, 0.1) is 10.1 Å². The number of ether oxygens (including phenoxy) is 6. The zero-order chi connectivity index (χ0) is 33.0. The van der Waals surface area contributed by atoms with Crippen LogP contribution in [0.25, 0.3) is 0 Å². The molecule has 4 aromatic carbocycles. The number of nitrogens with zero attached hydrogens (tertiary/aromatic N) is 1. The summed E-state index contributed by atoms with van der Waals surface area (Å²) in [5.74, 6) is -0.698. The molecular weight excluding hydrogens is 606 g/mol. The van der Waals surface area contributed by atoms with Crippen molar-refractivity contribution in [3.05, 3.63) is 147 Å². The van der Waals surface area contributed by atoms with Crippen molar-refractivity contribution in [1.82, 2.24) is 0 Å². The van der Waals surface area contributed by atoms with Crippen LogP contribution in [0.1, 0.15) is 32.6 Å². The number of benzene rings is 4. The van der Waals surface area contributed by atoms with E-state index in [4.69, 9.17) is 28.4 Å². The van der Waals surface area contributed by atoms with Crippen molar-refractivity contribution < 1.29 is 43.2 Å². The molecule has 1 aliphatic rings. The third-order valence-electron chi connectivity index (χ3n) is 7.73. The van der Waals surface area contributed by atoms with Crippen LogP contribution >= 0.6 is 0 Å². The molecule has 0 radical (unpaired) electrons. The molecule has 5 atom stereocenters. The first kappa shape index (κ1) is 33.9. The number of hydrogen-bond acceptors (Lipinski definition) is 10. The van der Waals surface area contributed by atoms with Crippen molar-refractivity contribution in [2.45, 2.75) is 57.1 Å². The Morgan fingerprint density at radius 1 is 0.723 bits per heavy atom. The normalized spacial score (nSPS) is 20.9. The molecule has 0 aromatic heterocycles. The first-order valence-corrected chi connectivity index (χ1v) is 15.2. The lowest BCUT2D eigenvalue weighted by Crippen LogP contribution is -2.61. The van der Waals surface area contributed by atoms with Gasteiger partial charge in [0.15, 0.2) is 6.29 Å². The summed E-state index contributed by atoms with van der Waals surface area (Å²) in [4.78, 5) is 23.4. The van der Waals surface area contributed by atoms with Crippen LogP contribution in [-0.4, -0.2) is 60.4 Å². The highest BCUT2D eigenvalue weighted by Crippen LogP contribution is 2.32. The van der Waals surface area contributed by atoms with Crippen LogP contribution in [0.5, 0.6) is 0 Å². The van der Waals surface area contributed by atoms with Crippen LogP contribution in [0.2, 0.25) is 0 Å². The molecule has 0 aliphatic carbocycles. The quantitative estimate of drug-likeness (QED) is 0.102. The molecule has 11 nitrogen and oxygen atoms in total. The Bertz CT molecular complexity index is 1570. The predicted octanol–water partition coefficient (Wildman–Crippen LogP) is 5.37. The van der Waals surface area contributed by atoms with E-state index in [1.165, 1.54) is 19.2 Å². The largest absolute Gasteiger partial charge is 0.465 e. The van der Waals surface area contributed by atoms with E-state index in [9.17, 15) is 20.0 Å². The molecule has 5 rings (SSSR count). The molecule has 1 heterocycles. The summed E-state index contributed by atoms with van der Waals surface area (Å²) in [6.07, 6.45) is -4.42. The van der Waals surface area contributed by atoms with Crippen molar-refractivity contribution in [2.24, 2.45) is 0 Å². The molecule has 4 aromatic rings. The van der Waals surface area contributed by atoms with E-state index in [1.807, 2.05) is 91.0 Å². The second kappa shape index (κ2) is 16.9. The van der Waals surface area contributed by atoms with Gasteiger partial charge in [-0.15, -0.1) is 0 Å². The number of nitro groups is 1. The lowest BCUT2D eigenvalue weighted by molar-refractivity contribution is -0.386. The minimum Gasteiger partial charge on any atom is -0.465 e. The maximum atomic E-state index is 12.0. The highest BCUT2D eigenvalue weighted by molar-refractivity contribution is 5.90. The Hall–Kier alpha value is -4.49. The summed E-state index contributed by atoms with van der Waals surface area (Å²) >= 11 is 0. The van der Waals surface area contributed by atoms with E-state index >= 15 is 0 Å². The van der Waals surface area contributed by atoms with Gasteiger partial charge in [0.25, 0.3) is 5.69 Å². The van der Waals surface area contributed by atoms with Crippen molar-refractivity contribution in [3.8, 4) is 0 Å². The number of methoxy groups -OCH3 is 1. The van der Waals surface area contributed by atoms with Gasteiger partial charge in [-0.3, -0.25) is 10.1 Å². The lowest BCUT2D eigenvalue weighted by Gasteiger charge is -2.45. The number of aliphatic hydroxyl groups is 1. The van der Waals surface area contributed by atoms with Crippen molar-refractivity contribution >= 4 is 11.7 Å². The van der Waals surface area contributed by atoms with Gasteiger partial charge in [-0.2, -0.15) is 0 Å². The Kier molecular flexibility index (Phi) is 12.2. The Balaban J connectivity index is 1.45. The molecule has 1 N–H and O–H groups in total. The molecule has 0 bridgehead atoms. The fourth-order valence-corrected chi connectivity index (χ4v) is 5.30. The minimum atomic E-state index is -1.12. The molecule has 11 heteroatoms. The van der Waals surface area contributed by atoms with E-state index in [0.29, 0.717) is 0 Å². The van der Waals surface area contributed by atoms with Crippen molar-refractivity contribution in [3.63, 3.8) is 0 Å². The average molecular weight is 644 g/mol. The summed E-state index contributed by atoms with van der Waals surface area (Å²) in [7, 11) is 1.20. The zero-order valence-electron chi connectivity index (χ0n) is 25.9. The van der Waals surface area contributed by atoms with Gasteiger partial charge >= 0.3 is 5.97 Å². The van der Waals surface area contributed by atoms with Crippen molar-refractivity contribution in [2.75, 3.05) is 13.7 Å². The minimum absolute atomic E-state index is 0.0362. The number of esters is 1. The maximum absolute atomic E-state index is 12.0. The number of carbonyl (C=O) groups excluding carboxylic acids is 1. The molecule has 1 saturated heterocycles. The van der Waals surface area contributed by atoms with Crippen LogP contribution in [-0.2, 0) is 54.8 Å². The topological polar surface area (TPSA) is 136 Å². The molecule has 0 spiro atoms. The van der Waals surface area contributed by atoms with Gasteiger partial charge in [-0.05, 0) is 28.8 Å². The summed E-state index contributed by atoms with van der Waals surface area (Å²) in [6, 6.07) is 32.8. The smallest absolute Gasteiger partial charge is 0.338 e. The Morgan fingerprint density at radius 2 is 1.23 bits per heavy atom. The number of hydrogen-bond donors (Lipinski definition) is 1. The second-order valence-corrected chi connectivity index (χ2v) is 10.9. The zero-order valence-corrected chi connectivity index (χ0v) is 25.9. The number of aliphatic hydroxyl groups excluding tert-OH is 1. The summed E-state index contributed by atoms with van der Waals surface area (Å²) in [5, 5.41) is 22.4. The number of carbonyl (C=O) groups is 1. The van der Waals surface area contributed by atoms with E-state index in [-0.39, 0.29) is 43.2 Å².